The van der Waals surface area contributed by atoms with Crippen LogP contribution in [0.5, 0.6) is 0 Å². The maximum absolute atomic E-state index is 12.2. The molecular formula is C17H15N3OS. The molecule has 110 valence electrons. The summed E-state index contributed by atoms with van der Waals surface area (Å²) < 4.78 is 1.03. The van der Waals surface area contributed by atoms with Crippen LogP contribution in [0.1, 0.15) is 40.4 Å². The zero-order chi connectivity index (χ0) is 14.9. The lowest BCUT2D eigenvalue weighted by Gasteiger charge is -2.06. The summed E-state index contributed by atoms with van der Waals surface area (Å²) >= 11 is 1.54. The third-order valence-corrected chi connectivity index (χ3v) is 4.68. The van der Waals surface area contributed by atoms with Crippen LogP contribution in [0.3, 0.4) is 0 Å². The van der Waals surface area contributed by atoms with Crippen LogP contribution < -0.4 is 5.32 Å². The van der Waals surface area contributed by atoms with Crippen molar-refractivity contribution in [2.75, 3.05) is 0 Å². The van der Waals surface area contributed by atoms with E-state index in [4.69, 9.17) is 0 Å². The zero-order valence-electron chi connectivity index (χ0n) is 12.0. The average Bonchev–Trinajstić information content (AvgIpc) is 3.30. The normalized spacial score (nSPS) is 14.2. The molecule has 4 nitrogen and oxygen atoms in total. The fraction of sp³-hybridized carbons (Fsp3) is 0.235. The Balaban J connectivity index is 1.42. The number of nitrogens with one attached hydrogen (secondary N) is 1. The third-order valence-electron chi connectivity index (χ3n) is 3.89. The van der Waals surface area contributed by atoms with Crippen LogP contribution in [-0.2, 0) is 6.54 Å². The molecule has 1 N–H and O–H groups in total. The van der Waals surface area contributed by atoms with E-state index >= 15 is 0 Å². The Bertz CT molecular complexity index is 821. The molecule has 1 aromatic carbocycles. The van der Waals surface area contributed by atoms with E-state index in [-0.39, 0.29) is 5.91 Å². The monoisotopic (exact) mass is 309 g/mol. The topological polar surface area (TPSA) is 54.9 Å². The molecule has 0 unspecified atom stereocenters. The fourth-order valence-corrected chi connectivity index (χ4v) is 3.16. The Morgan fingerprint density at radius 2 is 2.14 bits per heavy atom. The molecule has 1 saturated carbocycles. The van der Waals surface area contributed by atoms with E-state index in [1.807, 2.05) is 30.5 Å². The van der Waals surface area contributed by atoms with Crippen molar-refractivity contribution in [1.82, 2.24) is 15.3 Å². The zero-order valence-corrected chi connectivity index (χ0v) is 12.8. The Hall–Kier alpha value is -2.27. The first-order chi connectivity index (χ1) is 10.8. The minimum Gasteiger partial charge on any atom is -0.348 e. The van der Waals surface area contributed by atoms with Crippen molar-refractivity contribution < 1.29 is 4.79 Å². The molecule has 0 radical (unpaired) electrons. The first-order valence-electron chi connectivity index (χ1n) is 7.36. The van der Waals surface area contributed by atoms with Gasteiger partial charge in [-0.15, -0.1) is 11.3 Å². The smallest absolute Gasteiger partial charge is 0.251 e. The van der Waals surface area contributed by atoms with Crippen molar-refractivity contribution in [2.24, 2.45) is 0 Å². The molecule has 2 heterocycles. The van der Waals surface area contributed by atoms with Gasteiger partial charge in [0.05, 0.1) is 15.7 Å². The van der Waals surface area contributed by atoms with Gasteiger partial charge in [0.15, 0.2) is 0 Å². The molecular weight excluding hydrogens is 294 g/mol. The molecule has 0 spiro atoms. The second-order valence-corrected chi connectivity index (χ2v) is 6.47. The lowest BCUT2D eigenvalue weighted by Crippen LogP contribution is -2.22. The highest BCUT2D eigenvalue weighted by atomic mass is 32.1. The number of hydrogen-bond acceptors (Lipinski definition) is 4. The van der Waals surface area contributed by atoms with Crippen LogP contribution in [0.4, 0.5) is 0 Å². The molecule has 1 aliphatic carbocycles. The van der Waals surface area contributed by atoms with Gasteiger partial charge < -0.3 is 5.32 Å². The van der Waals surface area contributed by atoms with Crippen molar-refractivity contribution >= 4 is 27.5 Å². The van der Waals surface area contributed by atoms with Crippen molar-refractivity contribution in [3.63, 3.8) is 0 Å². The number of benzene rings is 1. The lowest BCUT2D eigenvalue weighted by atomic mass is 10.2. The molecule has 5 heteroatoms. The summed E-state index contributed by atoms with van der Waals surface area (Å²) in [7, 11) is 0. The van der Waals surface area contributed by atoms with Crippen molar-refractivity contribution in [3.05, 3.63) is 58.9 Å². The number of thiazole rings is 1. The minimum absolute atomic E-state index is 0.0680. The van der Waals surface area contributed by atoms with Crippen molar-refractivity contribution in [3.8, 4) is 0 Å². The highest BCUT2D eigenvalue weighted by Gasteiger charge is 2.24. The molecule has 0 bridgehead atoms. The Morgan fingerprint density at radius 1 is 1.23 bits per heavy atom. The van der Waals surface area contributed by atoms with Crippen LogP contribution in [0.15, 0.2) is 42.0 Å². The van der Waals surface area contributed by atoms with Gasteiger partial charge >= 0.3 is 0 Å². The Kier molecular flexibility index (Phi) is 3.35. The van der Waals surface area contributed by atoms with Gasteiger partial charge in [0, 0.05) is 29.9 Å². The number of fused-ring (bicyclic) bond motifs is 1. The SMILES string of the molecule is O=C(NCc1ccc(C2CC2)nc1)c1ccc2ncsc2c1. The maximum Gasteiger partial charge on any atom is 0.251 e. The molecule has 1 fully saturated rings. The number of amides is 1. The second-order valence-electron chi connectivity index (χ2n) is 5.58. The minimum atomic E-state index is -0.0680. The van der Waals surface area contributed by atoms with Gasteiger partial charge in [-0.3, -0.25) is 9.78 Å². The van der Waals surface area contributed by atoms with Gasteiger partial charge in [0.25, 0.3) is 5.91 Å². The predicted octanol–water partition coefficient (Wildman–Crippen LogP) is 3.50. The van der Waals surface area contributed by atoms with Crippen LogP contribution in [0.25, 0.3) is 10.2 Å². The average molecular weight is 309 g/mol. The molecule has 22 heavy (non-hydrogen) atoms. The van der Waals surface area contributed by atoms with Crippen LogP contribution in [-0.4, -0.2) is 15.9 Å². The number of carbonyl (C=O) groups is 1. The quantitative estimate of drug-likeness (QED) is 0.802. The van der Waals surface area contributed by atoms with E-state index < -0.39 is 0 Å². The molecule has 0 atom stereocenters. The molecule has 0 aliphatic heterocycles. The lowest BCUT2D eigenvalue weighted by molar-refractivity contribution is 0.0951. The number of carbonyl (C=O) groups excluding carboxylic acids is 1. The molecule has 2 aromatic heterocycles. The summed E-state index contributed by atoms with van der Waals surface area (Å²) in [5.74, 6) is 0.594. The van der Waals surface area contributed by atoms with Crippen molar-refractivity contribution in [1.29, 1.82) is 0 Å². The number of aromatic nitrogens is 2. The van der Waals surface area contributed by atoms with E-state index in [2.05, 4.69) is 21.4 Å². The highest BCUT2D eigenvalue weighted by Crippen LogP contribution is 2.38. The van der Waals surface area contributed by atoms with Gasteiger partial charge in [-0.1, -0.05) is 6.07 Å². The Labute approximate surface area is 132 Å². The number of pyridine rings is 1. The summed E-state index contributed by atoms with van der Waals surface area (Å²) in [6.45, 7) is 0.498. The molecule has 1 aliphatic rings. The first kappa shape index (κ1) is 13.4. The summed E-state index contributed by atoms with van der Waals surface area (Å²) in [4.78, 5) is 20.9. The third kappa shape index (κ3) is 2.72. The van der Waals surface area contributed by atoms with Crippen molar-refractivity contribution in [2.45, 2.75) is 25.3 Å². The molecule has 0 saturated heterocycles. The Morgan fingerprint density at radius 3 is 2.91 bits per heavy atom. The molecule has 4 rings (SSSR count). The maximum atomic E-state index is 12.2. The second kappa shape index (κ2) is 5.50. The van der Waals surface area contributed by atoms with Gasteiger partial charge in [-0.2, -0.15) is 0 Å². The number of hydrogen-bond donors (Lipinski definition) is 1. The van der Waals surface area contributed by atoms with Gasteiger partial charge in [-0.05, 0) is 42.7 Å². The number of nitrogens with zero attached hydrogens (tertiary/aromatic N) is 2. The molecule has 1 amide bonds. The van der Waals surface area contributed by atoms with Gasteiger partial charge in [0.1, 0.15) is 0 Å². The van der Waals surface area contributed by atoms with E-state index in [1.54, 1.807) is 16.8 Å². The first-order valence-corrected chi connectivity index (χ1v) is 8.24. The number of rotatable bonds is 4. The molecule has 3 aromatic rings. The van der Waals surface area contributed by atoms with E-state index in [0.717, 1.165) is 15.8 Å². The highest BCUT2D eigenvalue weighted by molar-refractivity contribution is 7.16. The fourth-order valence-electron chi connectivity index (χ4n) is 2.44. The van der Waals surface area contributed by atoms with Crippen LogP contribution in [0, 0.1) is 0 Å². The summed E-state index contributed by atoms with van der Waals surface area (Å²) in [6, 6.07) is 9.70. The summed E-state index contributed by atoms with van der Waals surface area (Å²) in [5.41, 5.74) is 5.59. The summed E-state index contributed by atoms with van der Waals surface area (Å²) in [5, 5.41) is 2.94. The van der Waals surface area contributed by atoms with E-state index in [0.29, 0.717) is 18.0 Å². The van der Waals surface area contributed by atoms with E-state index in [1.165, 1.54) is 18.5 Å². The standard InChI is InChI=1S/C17H15N3OS/c21-17(13-4-6-15-16(7-13)22-10-20-15)19-9-11-1-5-14(18-8-11)12-2-3-12/h1,4-8,10,12H,2-3,9H2,(H,19,21). The summed E-state index contributed by atoms with van der Waals surface area (Å²) in [6.07, 6.45) is 4.37. The van der Waals surface area contributed by atoms with Crippen LogP contribution in [0.2, 0.25) is 0 Å². The predicted molar refractivity (Wildman–Crippen MR) is 87.0 cm³/mol. The van der Waals surface area contributed by atoms with Crippen LogP contribution >= 0.6 is 11.3 Å². The van der Waals surface area contributed by atoms with Gasteiger partial charge in [0.2, 0.25) is 0 Å². The van der Waals surface area contributed by atoms with Gasteiger partial charge in [-0.25, -0.2) is 4.98 Å². The van der Waals surface area contributed by atoms with E-state index in [9.17, 15) is 4.79 Å². The largest absolute Gasteiger partial charge is 0.348 e.